The summed E-state index contributed by atoms with van der Waals surface area (Å²) < 4.78 is 29.2. The van der Waals surface area contributed by atoms with Crippen LogP contribution in [0.2, 0.25) is 0 Å². The minimum absolute atomic E-state index is 0.0675. The maximum Gasteiger partial charge on any atom is 0.158 e. The van der Waals surface area contributed by atoms with Crippen LogP contribution in [0.5, 0.6) is 5.75 Å². The van der Waals surface area contributed by atoms with Gasteiger partial charge in [-0.3, -0.25) is 0 Å². The highest BCUT2D eigenvalue weighted by Gasteiger charge is 2.09. The van der Waals surface area contributed by atoms with Gasteiger partial charge in [0.2, 0.25) is 0 Å². The summed E-state index contributed by atoms with van der Waals surface area (Å²) in [7, 11) is 1.76. The number of hydrogen-bond donors (Lipinski definition) is 0. The molecule has 128 valence electrons. The van der Waals surface area contributed by atoms with E-state index in [0.717, 1.165) is 17.1 Å². The fraction of sp³-hybridized carbons (Fsp3) is 0.222. The quantitative estimate of drug-likeness (QED) is 0.466. The van der Waals surface area contributed by atoms with Crippen molar-refractivity contribution in [1.82, 2.24) is 0 Å². The van der Waals surface area contributed by atoms with Crippen LogP contribution >= 0.6 is 21.6 Å². The highest BCUT2D eigenvalue weighted by molar-refractivity contribution is 8.77. The third kappa shape index (κ3) is 7.03. The number of rotatable bonds is 9. The normalized spacial score (nSPS) is 11.7. The van der Waals surface area contributed by atoms with Gasteiger partial charge in [-0.25, -0.2) is 8.42 Å². The molecule has 0 amide bonds. The van der Waals surface area contributed by atoms with Crippen LogP contribution in [0.1, 0.15) is 11.1 Å². The number of sulfone groups is 1. The second-order valence-electron chi connectivity index (χ2n) is 5.12. The summed E-state index contributed by atoms with van der Waals surface area (Å²) in [5, 5.41) is 1.84. The lowest BCUT2D eigenvalue weighted by atomic mass is 10.2. The minimum Gasteiger partial charge on any atom is -0.497 e. The molecule has 0 N–H and O–H groups in total. The fourth-order valence-electron chi connectivity index (χ4n) is 1.98. The van der Waals surface area contributed by atoms with Gasteiger partial charge in [-0.15, -0.1) is 0 Å². The monoisotopic (exact) mass is 380 g/mol. The zero-order valence-corrected chi connectivity index (χ0v) is 15.9. The molecule has 24 heavy (non-hydrogen) atoms. The molecule has 2 rings (SSSR count). The molecule has 0 unspecified atom stereocenters. The predicted octanol–water partition coefficient (Wildman–Crippen LogP) is 4.71. The highest BCUT2D eigenvalue weighted by atomic mass is 33.1. The Morgan fingerprint density at radius 2 is 1.71 bits per heavy atom. The molecular formula is C18H20O3S3. The van der Waals surface area contributed by atoms with Crippen molar-refractivity contribution in [2.45, 2.75) is 11.5 Å². The van der Waals surface area contributed by atoms with Gasteiger partial charge in [-0.2, -0.15) is 0 Å². The third-order valence-electron chi connectivity index (χ3n) is 3.18. The first kappa shape index (κ1) is 19.0. The maximum atomic E-state index is 12.0. The number of ether oxygens (including phenoxy) is 1. The first-order chi connectivity index (χ1) is 11.6. The Balaban J connectivity index is 1.70. The maximum absolute atomic E-state index is 12.0. The largest absolute Gasteiger partial charge is 0.497 e. The molecule has 2 aromatic rings. The van der Waals surface area contributed by atoms with E-state index in [1.54, 1.807) is 34.8 Å². The predicted molar refractivity (Wildman–Crippen MR) is 105 cm³/mol. The number of methoxy groups -OCH3 is 1. The molecule has 0 aliphatic heterocycles. The SMILES string of the molecule is COc1ccc(CSS/C=C\CS(=O)(=O)Cc2ccccc2)cc1. The lowest BCUT2D eigenvalue weighted by Crippen LogP contribution is -2.07. The van der Waals surface area contributed by atoms with Gasteiger partial charge in [0.1, 0.15) is 5.75 Å². The van der Waals surface area contributed by atoms with Crippen molar-refractivity contribution >= 4 is 31.4 Å². The second kappa shape index (κ2) is 9.81. The molecule has 3 nitrogen and oxygen atoms in total. The Kier molecular flexibility index (Phi) is 7.75. The van der Waals surface area contributed by atoms with E-state index in [4.69, 9.17) is 4.74 Å². The van der Waals surface area contributed by atoms with Crippen molar-refractivity contribution in [2.24, 2.45) is 0 Å². The van der Waals surface area contributed by atoms with Gasteiger partial charge < -0.3 is 4.74 Å². The molecule has 0 aliphatic carbocycles. The van der Waals surface area contributed by atoms with Crippen LogP contribution in [0.4, 0.5) is 0 Å². The Bertz CT molecular complexity index is 739. The van der Waals surface area contributed by atoms with Gasteiger partial charge in [0, 0.05) is 5.75 Å². The lowest BCUT2D eigenvalue weighted by Gasteiger charge is -2.02. The first-order valence-electron chi connectivity index (χ1n) is 7.39. The van der Waals surface area contributed by atoms with Crippen LogP contribution in [-0.2, 0) is 21.3 Å². The minimum atomic E-state index is -3.10. The van der Waals surface area contributed by atoms with E-state index < -0.39 is 9.84 Å². The average Bonchev–Trinajstić information content (AvgIpc) is 2.59. The molecule has 0 atom stereocenters. The van der Waals surface area contributed by atoms with Crippen molar-refractivity contribution in [1.29, 1.82) is 0 Å². The summed E-state index contributed by atoms with van der Waals surface area (Å²) >= 11 is 0. The van der Waals surface area contributed by atoms with Crippen molar-refractivity contribution in [3.8, 4) is 5.75 Å². The van der Waals surface area contributed by atoms with Crippen molar-refractivity contribution < 1.29 is 13.2 Å². The molecule has 0 radical (unpaired) electrons. The Morgan fingerprint density at radius 3 is 2.38 bits per heavy atom. The third-order valence-corrected chi connectivity index (χ3v) is 6.64. The van der Waals surface area contributed by atoms with E-state index in [1.807, 2.05) is 60.0 Å². The fourth-order valence-corrected chi connectivity index (χ4v) is 5.04. The summed E-state index contributed by atoms with van der Waals surface area (Å²) in [5.41, 5.74) is 2.03. The molecular weight excluding hydrogens is 360 g/mol. The van der Waals surface area contributed by atoms with E-state index in [9.17, 15) is 8.42 Å². The molecule has 0 aliphatic rings. The van der Waals surface area contributed by atoms with Gasteiger partial charge in [-0.05, 0) is 28.7 Å². The lowest BCUT2D eigenvalue weighted by molar-refractivity contribution is 0.414. The Labute approximate surface area is 151 Å². The van der Waals surface area contributed by atoms with Gasteiger partial charge in [-0.1, -0.05) is 70.1 Å². The molecule has 0 fully saturated rings. The van der Waals surface area contributed by atoms with E-state index >= 15 is 0 Å². The molecule has 0 saturated carbocycles. The zero-order chi connectivity index (χ0) is 17.3. The van der Waals surface area contributed by atoms with Gasteiger partial charge in [0.15, 0.2) is 9.84 Å². The van der Waals surface area contributed by atoms with Crippen LogP contribution in [0, 0.1) is 0 Å². The van der Waals surface area contributed by atoms with Crippen molar-refractivity contribution in [2.75, 3.05) is 12.9 Å². The van der Waals surface area contributed by atoms with Crippen LogP contribution in [0.15, 0.2) is 66.1 Å². The molecule has 0 aromatic heterocycles. The molecule has 0 bridgehead atoms. The van der Waals surface area contributed by atoms with E-state index in [1.165, 1.54) is 5.56 Å². The summed E-state index contributed by atoms with van der Waals surface area (Å²) in [5.74, 6) is 1.86. The molecule has 0 heterocycles. The summed E-state index contributed by atoms with van der Waals surface area (Å²) in [4.78, 5) is 0. The molecule has 0 saturated heterocycles. The topological polar surface area (TPSA) is 43.4 Å². The number of benzene rings is 2. The van der Waals surface area contributed by atoms with Crippen LogP contribution in [0.25, 0.3) is 0 Å². The summed E-state index contributed by atoms with van der Waals surface area (Å²) in [6.07, 6.45) is 1.71. The van der Waals surface area contributed by atoms with E-state index in [0.29, 0.717) is 0 Å². The molecule has 0 spiro atoms. The molecule has 6 heteroatoms. The van der Waals surface area contributed by atoms with Gasteiger partial charge in [0.05, 0.1) is 18.6 Å². The Hall–Kier alpha value is -1.37. The van der Waals surface area contributed by atoms with E-state index in [-0.39, 0.29) is 11.5 Å². The van der Waals surface area contributed by atoms with Crippen LogP contribution in [0.3, 0.4) is 0 Å². The van der Waals surface area contributed by atoms with Gasteiger partial charge in [0.25, 0.3) is 0 Å². The number of hydrogen-bond acceptors (Lipinski definition) is 5. The first-order valence-corrected chi connectivity index (χ1v) is 11.6. The second-order valence-corrected chi connectivity index (χ2v) is 9.50. The van der Waals surface area contributed by atoms with Gasteiger partial charge >= 0.3 is 0 Å². The highest BCUT2D eigenvalue weighted by Crippen LogP contribution is 2.27. The smallest absolute Gasteiger partial charge is 0.158 e. The standard InChI is InChI=1S/C18H20O3S3/c1-21-18-10-8-16(9-11-18)14-23-22-12-5-13-24(19,20)15-17-6-3-2-4-7-17/h2-12H,13-15H2,1H3/b12-5-. The molecule has 2 aromatic carbocycles. The Morgan fingerprint density at radius 1 is 1.00 bits per heavy atom. The average molecular weight is 381 g/mol. The van der Waals surface area contributed by atoms with Crippen molar-refractivity contribution in [3.63, 3.8) is 0 Å². The van der Waals surface area contributed by atoms with E-state index in [2.05, 4.69) is 0 Å². The van der Waals surface area contributed by atoms with Crippen LogP contribution in [-0.4, -0.2) is 21.3 Å². The summed E-state index contributed by atoms with van der Waals surface area (Å²) in [6, 6.07) is 17.2. The van der Waals surface area contributed by atoms with Crippen molar-refractivity contribution in [3.05, 3.63) is 77.2 Å². The van der Waals surface area contributed by atoms with Crippen LogP contribution < -0.4 is 4.74 Å². The summed E-state index contributed by atoms with van der Waals surface area (Å²) in [6.45, 7) is 0. The zero-order valence-electron chi connectivity index (χ0n) is 13.4.